The first-order valence-electron chi connectivity index (χ1n) is 4.43. The van der Waals surface area contributed by atoms with E-state index in [9.17, 15) is 10.1 Å². The Kier molecular flexibility index (Phi) is 3.03. The number of nitro groups is 1. The Bertz CT molecular complexity index is 164. The highest BCUT2D eigenvalue weighted by Crippen LogP contribution is 2.20. The van der Waals surface area contributed by atoms with Crippen LogP contribution in [0.3, 0.4) is 0 Å². The van der Waals surface area contributed by atoms with Crippen molar-refractivity contribution >= 4 is 0 Å². The SMILES string of the molecule is CC(C1CCN(C)CC1)[N+](=O)[O-]. The van der Waals surface area contributed by atoms with Gasteiger partial charge in [0, 0.05) is 17.8 Å². The lowest BCUT2D eigenvalue weighted by Crippen LogP contribution is -2.37. The summed E-state index contributed by atoms with van der Waals surface area (Å²) in [5.74, 6) is 0.288. The van der Waals surface area contributed by atoms with E-state index >= 15 is 0 Å². The zero-order valence-corrected chi connectivity index (χ0v) is 7.69. The molecule has 1 heterocycles. The predicted octanol–water partition coefficient (Wildman–Crippen LogP) is 0.993. The molecule has 0 amide bonds. The average molecular weight is 172 g/mol. The lowest BCUT2D eigenvalue weighted by molar-refractivity contribution is -0.528. The average Bonchev–Trinajstić information content (AvgIpc) is 2.04. The first kappa shape index (κ1) is 9.45. The van der Waals surface area contributed by atoms with Crippen molar-refractivity contribution in [3.05, 3.63) is 10.1 Å². The van der Waals surface area contributed by atoms with Gasteiger partial charge in [-0.25, -0.2) is 0 Å². The van der Waals surface area contributed by atoms with Crippen molar-refractivity contribution in [1.82, 2.24) is 4.90 Å². The van der Waals surface area contributed by atoms with Crippen LogP contribution in [0.1, 0.15) is 19.8 Å². The monoisotopic (exact) mass is 172 g/mol. The molecule has 0 aromatic rings. The van der Waals surface area contributed by atoms with Crippen LogP contribution in [0.15, 0.2) is 0 Å². The van der Waals surface area contributed by atoms with Gasteiger partial charge in [0.2, 0.25) is 6.04 Å². The van der Waals surface area contributed by atoms with Crippen LogP contribution in [-0.2, 0) is 0 Å². The maximum absolute atomic E-state index is 10.5. The summed E-state index contributed by atoms with van der Waals surface area (Å²) in [6.45, 7) is 3.72. The standard InChI is InChI=1S/C8H16N2O2/c1-7(10(11)12)8-3-5-9(2)6-4-8/h7-8H,3-6H2,1-2H3. The fraction of sp³-hybridized carbons (Fsp3) is 1.00. The van der Waals surface area contributed by atoms with Crippen LogP contribution in [0.2, 0.25) is 0 Å². The maximum atomic E-state index is 10.5. The number of piperidine rings is 1. The first-order chi connectivity index (χ1) is 5.61. The fourth-order valence-corrected chi connectivity index (χ4v) is 1.68. The van der Waals surface area contributed by atoms with Gasteiger partial charge in [-0.2, -0.15) is 0 Å². The summed E-state index contributed by atoms with van der Waals surface area (Å²) >= 11 is 0. The van der Waals surface area contributed by atoms with Gasteiger partial charge in [0.1, 0.15) is 0 Å². The lowest BCUT2D eigenvalue weighted by atomic mass is 9.91. The van der Waals surface area contributed by atoms with E-state index in [1.54, 1.807) is 6.92 Å². The molecule has 70 valence electrons. The smallest absolute Gasteiger partial charge is 0.213 e. The van der Waals surface area contributed by atoms with Gasteiger partial charge in [-0.1, -0.05) is 0 Å². The minimum absolute atomic E-state index is 0.157. The molecule has 1 fully saturated rings. The molecule has 0 aromatic heterocycles. The Morgan fingerprint density at radius 3 is 2.42 bits per heavy atom. The molecule has 1 atom stereocenters. The molecule has 0 bridgehead atoms. The Balaban J connectivity index is 2.39. The van der Waals surface area contributed by atoms with Crippen molar-refractivity contribution in [2.45, 2.75) is 25.8 Å². The minimum Gasteiger partial charge on any atom is -0.306 e. The van der Waals surface area contributed by atoms with Crippen LogP contribution in [0.4, 0.5) is 0 Å². The third-order valence-electron chi connectivity index (χ3n) is 2.78. The molecule has 1 saturated heterocycles. The summed E-state index contributed by atoms with van der Waals surface area (Å²) in [6, 6.07) is -0.362. The molecule has 0 radical (unpaired) electrons. The van der Waals surface area contributed by atoms with Crippen LogP contribution in [0, 0.1) is 16.0 Å². The van der Waals surface area contributed by atoms with E-state index in [4.69, 9.17) is 0 Å². The summed E-state index contributed by atoms with van der Waals surface area (Å²) < 4.78 is 0. The molecule has 4 nitrogen and oxygen atoms in total. The van der Waals surface area contributed by atoms with Crippen LogP contribution in [0.5, 0.6) is 0 Å². The highest BCUT2D eigenvalue weighted by molar-refractivity contribution is 4.73. The second-order valence-electron chi connectivity index (χ2n) is 3.67. The zero-order valence-electron chi connectivity index (χ0n) is 7.69. The molecule has 12 heavy (non-hydrogen) atoms. The molecule has 0 spiro atoms. The molecule has 1 unspecified atom stereocenters. The van der Waals surface area contributed by atoms with E-state index in [-0.39, 0.29) is 16.9 Å². The molecule has 4 heteroatoms. The summed E-state index contributed by atoms with van der Waals surface area (Å²) in [7, 11) is 2.06. The van der Waals surface area contributed by atoms with Gasteiger partial charge in [0.05, 0.1) is 0 Å². The molecule has 1 aliphatic rings. The maximum Gasteiger partial charge on any atom is 0.213 e. The normalized spacial score (nSPS) is 23.8. The van der Waals surface area contributed by atoms with Crippen LogP contribution in [0.25, 0.3) is 0 Å². The second kappa shape index (κ2) is 3.85. The predicted molar refractivity (Wildman–Crippen MR) is 46.7 cm³/mol. The number of hydrogen-bond donors (Lipinski definition) is 0. The van der Waals surface area contributed by atoms with Crippen molar-refractivity contribution in [3.63, 3.8) is 0 Å². The van der Waals surface area contributed by atoms with E-state index in [0.717, 1.165) is 25.9 Å². The van der Waals surface area contributed by atoms with Crippen molar-refractivity contribution in [2.75, 3.05) is 20.1 Å². The van der Waals surface area contributed by atoms with Crippen LogP contribution < -0.4 is 0 Å². The molecule has 0 saturated carbocycles. The second-order valence-corrected chi connectivity index (χ2v) is 3.67. The van der Waals surface area contributed by atoms with Gasteiger partial charge >= 0.3 is 0 Å². The summed E-state index contributed by atoms with van der Waals surface area (Å²) in [4.78, 5) is 12.5. The van der Waals surface area contributed by atoms with Crippen LogP contribution in [-0.4, -0.2) is 36.0 Å². The highest BCUT2D eigenvalue weighted by atomic mass is 16.6. The van der Waals surface area contributed by atoms with Gasteiger partial charge in [-0.05, 0) is 33.0 Å². The number of nitrogens with zero attached hydrogens (tertiary/aromatic N) is 2. The molecule has 0 N–H and O–H groups in total. The quantitative estimate of drug-likeness (QED) is 0.461. The molecule has 1 rings (SSSR count). The summed E-state index contributed by atoms with van der Waals surface area (Å²) in [5, 5.41) is 10.5. The van der Waals surface area contributed by atoms with Gasteiger partial charge in [0.15, 0.2) is 0 Å². The summed E-state index contributed by atoms with van der Waals surface area (Å²) in [5.41, 5.74) is 0. The van der Waals surface area contributed by atoms with Crippen molar-refractivity contribution in [1.29, 1.82) is 0 Å². The fourth-order valence-electron chi connectivity index (χ4n) is 1.68. The van der Waals surface area contributed by atoms with Crippen LogP contribution >= 0.6 is 0 Å². The Morgan fingerprint density at radius 2 is 2.00 bits per heavy atom. The third kappa shape index (κ3) is 2.17. The minimum atomic E-state index is -0.362. The Hall–Kier alpha value is -0.640. The first-order valence-corrected chi connectivity index (χ1v) is 4.43. The topological polar surface area (TPSA) is 46.4 Å². The Labute approximate surface area is 72.7 Å². The summed E-state index contributed by atoms with van der Waals surface area (Å²) in [6.07, 6.45) is 1.94. The largest absolute Gasteiger partial charge is 0.306 e. The van der Waals surface area contributed by atoms with Crippen molar-refractivity contribution < 1.29 is 4.92 Å². The molecule has 0 aromatic carbocycles. The van der Waals surface area contributed by atoms with E-state index in [1.165, 1.54) is 0 Å². The molecular formula is C8H16N2O2. The van der Waals surface area contributed by atoms with Gasteiger partial charge < -0.3 is 4.90 Å². The van der Waals surface area contributed by atoms with Gasteiger partial charge in [-0.3, -0.25) is 10.1 Å². The highest BCUT2D eigenvalue weighted by Gasteiger charge is 2.28. The number of hydrogen-bond acceptors (Lipinski definition) is 3. The molecule has 1 aliphatic heterocycles. The molecule has 0 aliphatic carbocycles. The third-order valence-corrected chi connectivity index (χ3v) is 2.78. The van der Waals surface area contributed by atoms with Gasteiger partial charge in [0.25, 0.3) is 0 Å². The number of rotatable bonds is 2. The van der Waals surface area contributed by atoms with Crippen molar-refractivity contribution in [2.24, 2.45) is 5.92 Å². The van der Waals surface area contributed by atoms with E-state index in [0.29, 0.717) is 0 Å². The van der Waals surface area contributed by atoms with Crippen molar-refractivity contribution in [3.8, 4) is 0 Å². The zero-order chi connectivity index (χ0) is 9.14. The van der Waals surface area contributed by atoms with Gasteiger partial charge in [-0.15, -0.1) is 0 Å². The Morgan fingerprint density at radius 1 is 1.50 bits per heavy atom. The van der Waals surface area contributed by atoms with E-state index in [2.05, 4.69) is 11.9 Å². The molecular weight excluding hydrogens is 156 g/mol. The van der Waals surface area contributed by atoms with E-state index < -0.39 is 0 Å². The van der Waals surface area contributed by atoms with E-state index in [1.807, 2.05) is 0 Å². The number of likely N-dealkylation sites (tertiary alicyclic amines) is 1. The lowest BCUT2D eigenvalue weighted by Gasteiger charge is -2.28.